The van der Waals surface area contributed by atoms with E-state index in [0.29, 0.717) is 21.4 Å². The third-order valence-corrected chi connectivity index (χ3v) is 4.65. The molecule has 0 saturated carbocycles. The first kappa shape index (κ1) is 17.0. The predicted octanol–water partition coefficient (Wildman–Crippen LogP) is 5.02. The molecular weight excluding hydrogens is 367 g/mol. The maximum absolute atomic E-state index is 12.0. The molecule has 0 bridgehead atoms. The number of pyridine rings is 2. The molecule has 0 N–H and O–H groups in total. The topological polar surface area (TPSA) is 52.1 Å². The monoisotopic (exact) mass is 378 g/mol. The Bertz CT molecular complexity index is 901. The van der Waals surface area contributed by atoms with E-state index in [9.17, 15) is 4.79 Å². The number of esters is 1. The van der Waals surface area contributed by atoms with Crippen molar-refractivity contribution in [2.45, 2.75) is 11.5 Å². The van der Waals surface area contributed by atoms with E-state index in [2.05, 4.69) is 9.97 Å². The first-order valence-corrected chi connectivity index (χ1v) is 8.97. The fourth-order valence-corrected chi connectivity index (χ4v) is 2.86. The van der Waals surface area contributed by atoms with E-state index in [1.54, 1.807) is 17.8 Å². The summed E-state index contributed by atoms with van der Waals surface area (Å²) in [6.45, 7) is 0.0352. The van der Waals surface area contributed by atoms with Crippen molar-refractivity contribution in [3.8, 4) is 0 Å². The minimum absolute atomic E-state index is 0.0352. The number of benzene rings is 1. The van der Waals surface area contributed by atoms with E-state index in [0.717, 1.165) is 15.8 Å². The zero-order chi connectivity index (χ0) is 17.1. The normalized spacial score (nSPS) is 10.8. The number of hydrogen-bond acceptors (Lipinski definition) is 5. The lowest BCUT2D eigenvalue weighted by atomic mass is 10.1. The van der Waals surface area contributed by atoms with E-state index >= 15 is 0 Å². The van der Waals surface area contributed by atoms with Gasteiger partial charge in [-0.3, -0.25) is 0 Å². The highest BCUT2D eigenvalue weighted by molar-refractivity contribution is 7.98. The molecule has 0 aliphatic heterocycles. The fraction of sp³-hybridized carbons (Fsp3) is 0.118. The summed E-state index contributed by atoms with van der Waals surface area (Å²) in [7, 11) is 0. The Hall–Kier alpha value is -1.82. The van der Waals surface area contributed by atoms with Gasteiger partial charge in [-0.15, -0.1) is 11.8 Å². The number of carbonyl (C=O) groups is 1. The summed E-state index contributed by atoms with van der Waals surface area (Å²) in [5, 5.41) is 1.58. The number of nitrogens with zero attached hydrogens (tertiary/aromatic N) is 2. The van der Waals surface area contributed by atoms with Crippen LogP contribution in [0.2, 0.25) is 10.3 Å². The molecule has 4 nitrogen and oxygen atoms in total. The molecule has 0 saturated heterocycles. The average Bonchev–Trinajstić information content (AvgIpc) is 2.59. The second-order valence-electron chi connectivity index (χ2n) is 4.94. The van der Waals surface area contributed by atoms with Crippen LogP contribution in [-0.2, 0) is 11.3 Å². The van der Waals surface area contributed by atoms with Crippen molar-refractivity contribution in [3.63, 3.8) is 0 Å². The molecular formula is C17H12Cl2N2O2S. The average molecular weight is 379 g/mol. The number of hydrogen-bond donors (Lipinski definition) is 0. The van der Waals surface area contributed by atoms with Crippen molar-refractivity contribution in [1.29, 1.82) is 0 Å². The number of rotatable bonds is 4. The fourth-order valence-electron chi connectivity index (χ4n) is 2.12. The zero-order valence-corrected chi connectivity index (χ0v) is 15.0. The Labute approximate surface area is 153 Å². The van der Waals surface area contributed by atoms with E-state index in [4.69, 9.17) is 27.9 Å². The van der Waals surface area contributed by atoms with E-state index in [-0.39, 0.29) is 6.61 Å². The molecule has 0 radical (unpaired) electrons. The van der Waals surface area contributed by atoms with Crippen LogP contribution in [0.25, 0.3) is 10.9 Å². The lowest BCUT2D eigenvalue weighted by molar-refractivity contribution is 0.0472. The Morgan fingerprint density at radius 2 is 2.04 bits per heavy atom. The number of fused-ring (bicyclic) bond motifs is 1. The number of carbonyl (C=O) groups excluding carboxylic acids is 1. The van der Waals surface area contributed by atoms with Gasteiger partial charge in [0.1, 0.15) is 16.9 Å². The van der Waals surface area contributed by atoms with Crippen LogP contribution in [0.1, 0.15) is 15.9 Å². The lowest BCUT2D eigenvalue weighted by Crippen LogP contribution is -2.06. The van der Waals surface area contributed by atoms with Crippen molar-refractivity contribution in [2.75, 3.05) is 6.26 Å². The molecule has 2 heterocycles. The van der Waals surface area contributed by atoms with Gasteiger partial charge in [-0.2, -0.15) is 0 Å². The third-order valence-electron chi connectivity index (χ3n) is 3.37. The standard InChI is InChI=1S/C17H12Cl2N2O2S/c1-24-13-4-2-10-6-12(16(19)21-14(10)7-13)9-23-17(22)11-3-5-15(18)20-8-11/h2-8H,9H2,1H3. The number of halogens is 2. The van der Waals surface area contributed by atoms with Gasteiger partial charge < -0.3 is 4.74 Å². The van der Waals surface area contributed by atoms with E-state index in [1.165, 1.54) is 12.3 Å². The van der Waals surface area contributed by atoms with Crippen LogP contribution in [0, 0.1) is 0 Å². The van der Waals surface area contributed by atoms with Crippen LogP contribution >= 0.6 is 35.0 Å². The van der Waals surface area contributed by atoms with Crippen molar-refractivity contribution < 1.29 is 9.53 Å². The number of thioether (sulfide) groups is 1. The zero-order valence-electron chi connectivity index (χ0n) is 12.6. The minimum Gasteiger partial charge on any atom is -0.457 e. The molecule has 0 atom stereocenters. The van der Waals surface area contributed by atoms with Crippen LogP contribution in [0.15, 0.2) is 47.5 Å². The summed E-state index contributed by atoms with van der Waals surface area (Å²) in [6, 6.07) is 10.9. The molecule has 0 aliphatic rings. The second-order valence-corrected chi connectivity index (χ2v) is 6.57. The Balaban J connectivity index is 1.78. The van der Waals surface area contributed by atoms with Crippen molar-refractivity contribution in [1.82, 2.24) is 9.97 Å². The Morgan fingerprint density at radius 3 is 2.75 bits per heavy atom. The van der Waals surface area contributed by atoms with Crippen LogP contribution in [-0.4, -0.2) is 22.2 Å². The first-order chi connectivity index (χ1) is 11.6. The maximum atomic E-state index is 12.0. The lowest BCUT2D eigenvalue weighted by Gasteiger charge is -2.08. The summed E-state index contributed by atoms with van der Waals surface area (Å²) in [5.41, 5.74) is 1.79. The van der Waals surface area contributed by atoms with E-state index < -0.39 is 5.97 Å². The van der Waals surface area contributed by atoms with Crippen molar-refractivity contribution in [3.05, 3.63) is 64.0 Å². The summed E-state index contributed by atoms with van der Waals surface area (Å²) >= 11 is 13.5. The molecule has 7 heteroatoms. The maximum Gasteiger partial charge on any atom is 0.340 e. The molecule has 0 spiro atoms. The van der Waals surface area contributed by atoms with Gasteiger partial charge in [-0.25, -0.2) is 14.8 Å². The quantitative estimate of drug-likeness (QED) is 0.362. The molecule has 0 amide bonds. The van der Waals surface area contributed by atoms with Crippen LogP contribution < -0.4 is 0 Å². The summed E-state index contributed by atoms with van der Waals surface area (Å²) < 4.78 is 5.28. The highest BCUT2D eigenvalue weighted by atomic mass is 35.5. The van der Waals surface area contributed by atoms with Crippen molar-refractivity contribution in [2.24, 2.45) is 0 Å². The van der Waals surface area contributed by atoms with Gasteiger partial charge in [0.25, 0.3) is 0 Å². The highest BCUT2D eigenvalue weighted by Gasteiger charge is 2.11. The molecule has 3 aromatic rings. The molecule has 0 fully saturated rings. The smallest absolute Gasteiger partial charge is 0.340 e. The van der Waals surface area contributed by atoms with Gasteiger partial charge in [0.05, 0.1) is 11.1 Å². The SMILES string of the molecule is CSc1ccc2cc(COC(=O)c3ccc(Cl)nc3)c(Cl)nc2c1. The molecule has 2 aromatic heterocycles. The molecule has 122 valence electrons. The van der Waals surface area contributed by atoms with Crippen molar-refractivity contribution >= 4 is 51.8 Å². The summed E-state index contributed by atoms with van der Waals surface area (Å²) in [5.74, 6) is -0.493. The Kier molecular flexibility index (Phi) is 5.23. The van der Waals surface area contributed by atoms with Crippen LogP contribution in [0.4, 0.5) is 0 Å². The molecule has 3 rings (SSSR count). The van der Waals surface area contributed by atoms with Crippen LogP contribution in [0.3, 0.4) is 0 Å². The molecule has 24 heavy (non-hydrogen) atoms. The van der Waals surface area contributed by atoms with Gasteiger partial charge in [-0.1, -0.05) is 29.3 Å². The number of aromatic nitrogens is 2. The van der Waals surface area contributed by atoms with Gasteiger partial charge in [0, 0.05) is 22.0 Å². The summed E-state index contributed by atoms with van der Waals surface area (Å²) in [4.78, 5) is 21.4. The predicted molar refractivity (Wildman–Crippen MR) is 96.9 cm³/mol. The van der Waals surface area contributed by atoms with Crippen LogP contribution in [0.5, 0.6) is 0 Å². The second kappa shape index (κ2) is 7.38. The molecule has 1 aromatic carbocycles. The third kappa shape index (κ3) is 3.80. The van der Waals surface area contributed by atoms with E-state index in [1.807, 2.05) is 30.5 Å². The van der Waals surface area contributed by atoms with Gasteiger partial charge in [0.2, 0.25) is 0 Å². The highest BCUT2D eigenvalue weighted by Crippen LogP contribution is 2.25. The largest absolute Gasteiger partial charge is 0.457 e. The minimum atomic E-state index is -0.493. The van der Waals surface area contributed by atoms with Gasteiger partial charge in [-0.05, 0) is 36.6 Å². The Morgan fingerprint density at radius 1 is 1.21 bits per heavy atom. The molecule has 0 aliphatic carbocycles. The van der Waals surface area contributed by atoms with Gasteiger partial charge >= 0.3 is 5.97 Å². The first-order valence-electron chi connectivity index (χ1n) is 6.98. The van der Waals surface area contributed by atoms with Gasteiger partial charge in [0.15, 0.2) is 0 Å². The molecule has 0 unspecified atom stereocenters. The number of ether oxygens (including phenoxy) is 1. The summed E-state index contributed by atoms with van der Waals surface area (Å²) in [6.07, 6.45) is 3.37.